The van der Waals surface area contributed by atoms with E-state index in [1.165, 1.54) is 18.3 Å². The third-order valence-electron chi connectivity index (χ3n) is 1.95. The number of carboxylic acid groups (broad SMARTS) is 1. The zero-order valence-corrected chi connectivity index (χ0v) is 9.49. The second-order valence-electron chi connectivity index (χ2n) is 3.51. The molecule has 0 fully saturated rings. The minimum absolute atomic E-state index is 0.0589. The number of alkyl halides is 3. The first-order valence-electron chi connectivity index (χ1n) is 5.04. The van der Waals surface area contributed by atoms with Crippen LogP contribution in [-0.4, -0.2) is 34.8 Å². The molecule has 104 valence electrons. The van der Waals surface area contributed by atoms with Gasteiger partial charge in [0.05, 0.1) is 0 Å². The second-order valence-corrected chi connectivity index (χ2v) is 3.51. The van der Waals surface area contributed by atoms with Crippen LogP contribution in [0.5, 0.6) is 0 Å². The fourth-order valence-electron chi connectivity index (χ4n) is 1.08. The van der Waals surface area contributed by atoms with Gasteiger partial charge in [0.25, 0.3) is 0 Å². The molecule has 0 aliphatic rings. The van der Waals surface area contributed by atoms with Crippen molar-refractivity contribution in [2.75, 3.05) is 6.54 Å². The van der Waals surface area contributed by atoms with Gasteiger partial charge in [-0.05, 0) is 11.6 Å². The number of carboxylic acids is 1. The summed E-state index contributed by atoms with van der Waals surface area (Å²) in [5.74, 6) is -1.19. The van der Waals surface area contributed by atoms with E-state index in [2.05, 4.69) is 10.3 Å². The Morgan fingerprint density at radius 2 is 1.95 bits per heavy atom. The molecular weight excluding hydrogens is 267 g/mol. The van der Waals surface area contributed by atoms with E-state index >= 15 is 0 Å². The summed E-state index contributed by atoms with van der Waals surface area (Å²) < 4.78 is 35.4. The summed E-state index contributed by atoms with van der Waals surface area (Å²) in [7, 11) is 0. The number of amides is 2. The Bertz CT molecular complexity index is 459. The summed E-state index contributed by atoms with van der Waals surface area (Å²) in [4.78, 5) is 25.1. The highest BCUT2D eigenvalue weighted by Gasteiger charge is 2.27. The first-order valence-corrected chi connectivity index (χ1v) is 5.04. The molecule has 0 aliphatic carbocycles. The van der Waals surface area contributed by atoms with Crippen molar-refractivity contribution in [1.82, 2.24) is 15.6 Å². The van der Waals surface area contributed by atoms with Gasteiger partial charge < -0.3 is 15.7 Å². The van der Waals surface area contributed by atoms with Gasteiger partial charge in [-0.15, -0.1) is 0 Å². The molecule has 19 heavy (non-hydrogen) atoms. The Morgan fingerprint density at radius 1 is 1.26 bits per heavy atom. The van der Waals surface area contributed by atoms with Crippen molar-refractivity contribution in [3.8, 4) is 0 Å². The molecule has 1 rings (SSSR count). The molecule has 1 heterocycles. The first kappa shape index (κ1) is 14.7. The number of rotatable bonds is 4. The maximum Gasteiger partial charge on any atom is 0.405 e. The maximum atomic E-state index is 11.8. The molecule has 1 aromatic rings. The molecular formula is C10H10F3N3O3. The molecule has 0 aromatic carbocycles. The lowest BCUT2D eigenvalue weighted by atomic mass is 10.2. The molecule has 0 saturated heterocycles. The minimum atomic E-state index is -4.47. The Kier molecular flexibility index (Phi) is 4.67. The Balaban J connectivity index is 2.40. The van der Waals surface area contributed by atoms with Crippen LogP contribution >= 0.6 is 0 Å². The van der Waals surface area contributed by atoms with Crippen molar-refractivity contribution in [2.24, 2.45) is 0 Å². The lowest BCUT2D eigenvalue weighted by Gasteiger charge is -2.09. The normalized spacial score (nSPS) is 10.9. The number of hydrogen-bond acceptors (Lipinski definition) is 3. The summed E-state index contributed by atoms with van der Waals surface area (Å²) in [5.41, 5.74) is 0.303. The number of nitrogens with one attached hydrogen (secondary N) is 2. The highest BCUT2D eigenvalue weighted by Crippen LogP contribution is 2.11. The molecule has 1 aromatic heterocycles. The molecule has 0 unspecified atom stereocenters. The van der Waals surface area contributed by atoms with E-state index in [1.54, 1.807) is 5.32 Å². The number of halogens is 3. The number of carbonyl (C=O) groups excluding carboxylic acids is 1. The van der Waals surface area contributed by atoms with Crippen LogP contribution in [0.4, 0.5) is 18.0 Å². The average molecular weight is 277 g/mol. The monoisotopic (exact) mass is 277 g/mol. The van der Waals surface area contributed by atoms with Gasteiger partial charge in [-0.25, -0.2) is 14.6 Å². The van der Waals surface area contributed by atoms with E-state index in [9.17, 15) is 22.8 Å². The lowest BCUT2D eigenvalue weighted by molar-refractivity contribution is -0.122. The molecule has 0 bridgehead atoms. The van der Waals surface area contributed by atoms with Crippen molar-refractivity contribution >= 4 is 12.0 Å². The van der Waals surface area contributed by atoms with Gasteiger partial charge in [-0.2, -0.15) is 13.2 Å². The van der Waals surface area contributed by atoms with E-state index in [0.717, 1.165) is 0 Å². The molecule has 6 nitrogen and oxygen atoms in total. The molecule has 3 N–H and O–H groups in total. The van der Waals surface area contributed by atoms with Crippen LogP contribution in [0, 0.1) is 0 Å². The molecule has 0 spiro atoms. The lowest BCUT2D eigenvalue weighted by Crippen LogP contribution is -2.40. The van der Waals surface area contributed by atoms with Gasteiger partial charge in [-0.3, -0.25) is 0 Å². The fraction of sp³-hybridized carbons (Fsp3) is 0.300. The standard InChI is InChI=1S/C10H10F3N3O3/c11-10(12,13)5-16-9(19)15-4-6-1-2-7(8(17)18)14-3-6/h1-3H,4-5H2,(H,17,18)(H2,15,16,19). The molecule has 0 radical (unpaired) electrons. The van der Waals surface area contributed by atoms with Crippen LogP contribution in [0.1, 0.15) is 16.1 Å². The van der Waals surface area contributed by atoms with Crippen molar-refractivity contribution in [1.29, 1.82) is 0 Å². The van der Waals surface area contributed by atoms with E-state index in [1.807, 2.05) is 0 Å². The maximum absolute atomic E-state index is 11.8. The SMILES string of the molecule is O=C(NCc1ccc(C(=O)O)nc1)NCC(F)(F)F. The quantitative estimate of drug-likeness (QED) is 0.769. The number of aromatic carboxylic acids is 1. The third kappa shape index (κ3) is 5.70. The largest absolute Gasteiger partial charge is 0.477 e. The van der Waals surface area contributed by atoms with Crippen LogP contribution in [0.2, 0.25) is 0 Å². The van der Waals surface area contributed by atoms with Crippen LogP contribution in [-0.2, 0) is 6.54 Å². The van der Waals surface area contributed by atoms with Crippen LogP contribution in [0.3, 0.4) is 0 Å². The number of hydrogen-bond donors (Lipinski definition) is 3. The predicted octanol–water partition coefficient (Wildman–Crippen LogP) is 1.14. The molecule has 9 heteroatoms. The minimum Gasteiger partial charge on any atom is -0.477 e. The van der Waals surface area contributed by atoms with Crippen molar-refractivity contribution in [2.45, 2.75) is 12.7 Å². The van der Waals surface area contributed by atoms with Gasteiger partial charge in [0, 0.05) is 12.7 Å². The molecule has 0 atom stereocenters. The number of pyridine rings is 1. The van der Waals surface area contributed by atoms with E-state index in [-0.39, 0.29) is 12.2 Å². The Labute approximate surface area is 105 Å². The number of carbonyl (C=O) groups is 2. The Morgan fingerprint density at radius 3 is 2.42 bits per heavy atom. The van der Waals surface area contributed by atoms with Crippen molar-refractivity contribution in [3.63, 3.8) is 0 Å². The zero-order valence-electron chi connectivity index (χ0n) is 9.49. The summed E-state index contributed by atoms with van der Waals surface area (Å²) in [6.45, 7) is -1.48. The highest BCUT2D eigenvalue weighted by atomic mass is 19.4. The van der Waals surface area contributed by atoms with Gasteiger partial charge in [0.1, 0.15) is 12.2 Å². The van der Waals surface area contributed by atoms with Crippen LogP contribution < -0.4 is 10.6 Å². The summed E-state index contributed by atoms with van der Waals surface area (Å²) in [6, 6.07) is 1.66. The van der Waals surface area contributed by atoms with Gasteiger partial charge in [-0.1, -0.05) is 6.07 Å². The van der Waals surface area contributed by atoms with Gasteiger partial charge >= 0.3 is 18.2 Å². The van der Waals surface area contributed by atoms with Crippen molar-refractivity contribution < 1.29 is 27.9 Å². The number of nitrogens with zero attached hydrogens (tertiary/aromatic N) is 1. The highest BCUT2D eigenvalue weighted by molar-refractivity contribution is 5.85. The fourth-order valence-corrected chi connectivity index (χ4v) is 1.08. The van der Waals surface area contributed by atoms with Crippen molar-refractivity contribution in [3.05, 3.63) is 29.6 Å². The zero-order chi connectivity index (χ0) is 14.5. The Hall–Kier alpha value is -2.32. The first-order chi connectivity index (χ1) is 8.78. The second kappa shape index (κ2) is 6.03. The number of aromatic nitrogens is 1. The van der Waals surface area contributed by atoms with Gasteiger partial charge in [0.15, 0.2) is 0 Å². The topological polar surface area (TPSA) is 91.3 Å². The van der Waals surface area contributed by atoms with E-state index < -0.39 is 24.7 Å². The average Bonchev–Trinajstić information content (AvgIpc) is 2.33. The van der Waals surface area contributed by atoms with E-state index in [4.69, 9.17) is 5.11 Å². The smallest absolute Gasteiger partial charge is 0.405 e. The van der Waals surface area contributed by atoms with E-state index in [0.29, 0.717) is 5.56 Å². The summed E-state index contributed by atoms with van der Waals surface area (Å²) in [5, 5.41) is 12.4. The third-order valence-corrected chi connectivity index (χ3v) is 1.95. The molecule has 0 saturated carbocycles. The van der Waals surface area contributed by atoms with Gasteiger partial charge in [0.2, 0.25) is 0 Å². The summed E-state index contributed by atoms with van der Waals surface area (Å²) >= 11 is 0. The van der Waals surface area contributed by atoms with Crippen LogP contribution in [0.25, 0.3) is 0 Å². The molecule has 0 aliphatic heterocycles. The van der Waals surface area contributed by atoms with Crippen LogP contribution in [0.15, 0.2) is 18.3 Å². The molecule has 2 amide bonds. The predicted molar refractivity (Wildman–Crippen MR) is 57.5 cm³/mol. The summed E-state index contributed by atoms with van der Waals surface area (Å²) in [6.07, 6.45) is -3.25. The number of urea groups is 1.